The van der Waals surface area contributed by atoms with Crippen LogP contribution in [0.2, 0.25) is 0 Å². The van der Waals surface area contributed by atoms with Crippen molar-refractivity contribution in [2.24, 2.45) is 0 Å². The highest BCUT2D eigenvalue weighted by atomic mass is 19.1. The molecule has 1 rings (SSSR count). The van der Waals surface area contributed by atoms with Gasteiger partial charge < -0.3 is 9.84 Å². The maximum Gasteiger partial charge on any atom is 0.328 e. The van der Waals surface area contributed by atoms with E-state index in [2.05, 4.69) is 0 Å². The molecule has 0 amide bonds. The number of carboxylic acid groups (broad SMARTS) is 1. The molecule has 7 heteroatoms. The van der Waals surface area contributed by atoms with E-state index in [1.165, 1.54) is 24.3 Å². The van der Waals surface area contributed by atoms with Crippen molar-refractivity contribution in [3.63, 3.8) is 0 Å². The molecule has 0 bridgehead atoms. The number of ether oxygens (including phenoxy) is 1. The summed E-state index contributed by atoms with van der Waals surface area (Å²) in [6.07, 6.45) is 2.24. The van der Waals surface area contributed by atoms with Crippen LogP contribution in [0.3, 0.4) is 0 Å². The van der Waals surface area contributed by atoms with Crippen molar-refractivity contribution in [3.05, 3.63) is 40.0 Å². The molecule has 0 radical (unpaired) electrons. The number of hydrogen-bond donors (Lipinski definition) is 1. The highest BCUT2D eigenvalue weighted by Gasteiger charge is 2.10. The first kappa shape index (κ1) is 14.6. The smallest absolute Gasteiger partial charge is 0.328 e. The molecule has 0 aliphatic carbocycles. The Bertz CT molecular complexity index is 501. The fourth-order valence-electron chi connectivity index (χ4n) is 1.31. The first-order chi connectivity index (χ1) is 9.04. The van der Waals surface area contributed by atoms with Crippen LogP contribution in [-0.2, 0) is 4.79 Å². The lowest BCUT2D eigenvalue weighted by Crippen LogP contribution is -2.00. The molecule has 19 heavy (non-hydrogen) atoms. The van der Waals surface area contributed by atoms with Gasteiger partial charge in [0.1, 0.15) is 5.75 Å². The molecular formula is C12H12FNO5. The van der Waals surface area contributed by atoms with Crippen LogP contribution >= 0.6 is 0 Å². The Morgan fingerprint density at radius 2 is 2.26 bits per heavy atom. The van der Waals surface area contributed by atoms with Crippen molar-refractivity contribution in [2.45, 2.75) is 6.42 Å². The maximum atomic E-state index is 12.0. The highest BCUT2D eigenvalue weighted by molar-refractivity contribution is 5.86. The number of hydrogen-bond acceptors (Lipinski definition) is 4. The van der Waals surface area contributed by atoms with Gasteiger partial charge >= 0.3 is 5.97 Å². The normalized spacial score (nSPS) is 10.6. The van der Waals surface area contributed by atoms with Gasteiger partial charge in [0.25, 0.3) is 5.69 Å². The molecule has 0 heterocycles. The number of nitro groups is 1. The summed E-state index contributed by atoms with van der Waals surface area (Å²) in [4.78, 5) is 20.5. The van der Waals surface area contributed by atoms with Crippen LogP contribution in [0, 0.1) is 10.1 Å². The average Bonchev–Trinajstić information content (AvgIpc) is 2.37. The summed E-state index contributed by atoms with van der Waals surface area (Å²) < 4.78 is 17.2. The highest BCUT2D eigenvalue weighted by Crippen LogP contribution is 2.25. The van der Waals surface area contributed by atoms with Crippen LogP contribution in [0.1, 0.15) is 12.0 Å². The quantitative estimate of drug-likeness (QED) is 0.355. The minimum atomic E-state index is -1.18. The van der Waals surface area contributed by atoms with Gasteiger partial charge in [0.2, 0.25) is 0 Å². The third-order valence-electron chi connectivity index (χ3n) is 2.15. The molecule has 1 aromatic carbocycles. The van der Waals surface area contributed by atoms with E-state index in [4.69, 9.17) is 9.84 Å². The van der Waals surface area contributed by atoms with E-state index < -0.39 is 17.6 Å². The molecule has 0 aromatic heterocycles. The summed E-state index contributed by atoms with van der Waals surface area (Å²) >= 11 is 0. The van der Waals surface area contributed by atoms with Crippen LogP contribution in [0.25, 0.3) is 6.08 Å². The molecule has 0 fully saturated rings. The number of nitrogens with zero attached hydrogens (tertiary/aromatic N) is 1. The third kappa shape index (κ3) is 4.74. The number of benzene rings is 1. The van der Waals surface area contributed by atoms with E-state index in [0.717, 1.165) is 6.08 Å². The van der Waals surface area contributed by atoms with Gasteiger partial charge in [-0.3, -0.25) is 14.5 Å². The van der Waals surface area contributed by atoms with Crippen molar-refractivity contribution in [3.8, 4) is 5.75 Å². The topological polar surface area (TPSA) is 89.7 Å². The van der Waals surface area contributed by atoms with E-state index in [-0.39, 0.29) is 30.0 Å². The molecule has 1 aromatic rings. The Morgan fingerprint density at radius 3 is 2.84 bits per heavy atom. The van der Waals surface area contributed by atoms with Gasteiger partial charge in [0.15, 0.2) is 0 Å². The van der Waals surface area contributed by atoms with Gasteiger partial charge in [-0.1, -0.05) is 0 Å². The van der Waals surface area contributed by atoms with Gasteiger partial charge in [-0.15, -0.1) is 0 Å². The summed E-state index contributed by atoms with van der Waals surface area (Å²) in [6.45, 7) is -0.421. The Balaban J connectivity index is 3.00. The van der Waals surface area contributed by atoms with Crippen molar-refractivity contribution in [1.82, 2.24) is 0 Å². The molecule has 0 spiro atoms. The van der Waals surface area contributed by atoms with Gasteiger partial charge in [0, 0.05) is 30.2 Å². The average molecular weight is 269 g/mol. The van der Waals surface area contributed by atoms with Crippen LogP contribution < -0.4 is 4.74 Å². The second-order valence-electron chi connectivity index (χ2n) is 3.54. The van der Waals surface area contributed by atoms with Crippen LogP contribution in [-0.4, -0.2) is 29.3 Å². The van der Waals surface area contributed by atoms with Gasteiger partial charge in [-0.25, -0.2) is 4.79 Å². The second kappa shape index (κ2) is 7.10. The minimum absolute atomic E-state index is 0.113. The summed E-state index contributed by atoms with van der Waals surface area (Å²) in [5.74, 6) is -0.905. The fourth-order valence-corrected chi connectivity index (χ4v) is 1.31. The second-order valence-corrected chi connectivity index (χ2v) is 3.54. The van der Waals surface area contributed by atoms with E-state index in [1.54, 1.807) is 0 Å². The van der Waals surface area contributed by atoms with Gasteiger partial charge in [-0.2, -0.15) is 0 Å². The summed E-state index contributed by atoms with van der Waals surface area (Å²) in [7, 11) is 0. The Labute approximate surface area is 108 Å². The van der Waals surface area contributed by atoms with Crippen molar-refractivity contribution in [1.29, 1.82) is 0 Å². The lowest BCUT2D eigenvalue weighted by atomic mass is 10.1. The largest absolute Gasteiger partial charge is 0.493 e. The first-order valence-corrected chi connectivity index (χ1v) is 5.43. The molecule has 0 saturated heterocycles. The van der Waals surface area contributed by atoms with Crippen LogP contribution in [0.5, 0.6) is 5.75 Å². The molecule has 0 saturated carbocycles. The SMILES string of the molecule is O=C(O)/C=C/c1cc([N+](=O)[O-])ccc1OCCCF. The maximum absolute atomic E-state index is 12.0. The molecule has 102 valence electrons. The van der Waals surface area contributed by atoms with E-state index in [1.807, 2.05) is 0 Å². The zero-order chi connectivity index (χ0) is 14.3. The Hall–Kier alpha value is -2.44. The molecule has 6 nitrogen and oxygen atoms in total. The number of carbonyl (C=O) groups is 1. The monoisotopic (exact) mass is 269 g/mol. The van der Waals surface area contributed by atoms with Crippen molar-refractivity contribution < 1.29 is 24.0 Å². The molecular weight excluding hydrogens is 257 g/mol. The van der Waals surface area contributed by atoms with E-state index >= 15 is 0 Å². The number of carboxylic acids is 1. The summed E-state index contributed by atoms with van der Waals surface area (Å²) in [5.41, 5.74) is 0.0818. The van der Waals surface area contributed by atoms with Gasteiger partial charge in [-0.05, 0) is 12.1 Å². The first-order valence-electron chi connectivity index (χ1n) is 5.43. The summed E-state index contributed by atoms with van der Waals surface area (Å²) in [5, 5.41) is 19.2. The molecule has 1 N–H and O–H groups in total. The molecule has 0 aliphatic heterocycles. The lowest BCUT2D eigenvalue weighted by Gasteiger charge is -2.08. The Morgan fingerprint density at radius 1 is 1.53 bits per heavy atom. The zero-order valence-corrected chi connectivity index (χ0v) is 9.91. The van der Waals surface area contributed by atoms with E-state index in [0.29, 0.717) is 0 Å². The molecule has 0 atom stereocenters. The zero-order valence-electron chi connectivity index (χ0n) is 9.91. The number of nitro benzene ring substituents is 1. The van der Waals surface area contributed by atoms with Gasteiger partial charge in [0.05, 0.1) is 18.2 Å². The number of non-ortho nitro benzene ring substituents is 1. The van der Waals surface area contributed by atoms with Crippen molar-refractivity contribution in [2.75, 3.05) is 13.3 Å². The predicted molar refractivity (Wildman–Crippen MR) is 65.9 cm³/mol. The predicted octanol–water partition coefficient (Wildman–Crippen LogP) is 2.43. The van der Waals surface area contributed by atoms with Crippen LogP contribution in [0.4, 0.5) is 10.1 Å². The summed E-state index contributed by atoms with van der Waals surface area (Å²) in [6, 6.07) is 3.80. The third-order valence-corrected chi connectivity index (χ3v) is 2.15. The van der Waals surface area contributed by atoms with Crippen molar-refractivity contribution >= 4 is 17.7 Å². The van der Waals surface area contributed by atoms with Crippen LogP contribution in [0.15, 0.2) is 24.3 Å². The number of halogens is 1. The standard InChI is InChI=1S/C12H12FNO5/c13-6-1-7-19-11-4-3-10(14(17)18)8-9(11)2-5-12(15)16/h2-5,8H,1,6-7H2,(H,15,16)/b5-2+. The molecule has 0 aliphatic rings. The lowest BCUT2D eigenvalue weighted by molar-refractivity contribution is -0.384. The number of aliphatic carboxylic acids is 1. The number of alkyl halides is 1. The van der Waals surface area contributed by atoms with E-state index in [9.17, 15) is 19.3 Å². The minimum Gasteiger partial charge on any atom is -0.493 e. The fraction of sp³-hybridized carbons (Fsp3) is 0.250. The molecule has 0 unspecified atom stereocenters. The Kier molecular flexibility index (Phi) is 5.46. The number of rotatable bonds is 7.